The number of carbonyl (C=O) groups is 1. The van der Waals surface area contributed by atoms with E-state index in [1.165, 1.54) is 96.3 Å². The third-order valence-corrected chi connectivity index (χ3v) is 5.26. The molecule has 1 rings (SSSR count). The molecule has 0 aliphatic carbocycles. The zero-order valence-corrected chi connectivity index (χ0v) is 16.1. The quantitative estimate of drug-likeness (QED) is 0.228. The molecule has 0 saturated carbocycles. The molecule has 0 aromatic carbocycles. The van der Waals surface area contributed by atoms with E-state index in [-0.39, 0.29) is 0 Å². The largest absolute Gasteiger partial charge is 0.343 e. The van der Waals surface area contributed by atoms with Crippen molar-refractivity contribution in [3.05, 3.63) is 12.7 Å². The number of carbonyl (C=O) groups excluding carboxylic acids is 1. The molecule has 24 heavy (non-hydrogen) atoms. The highest BCUT2D eigenvalue weighted by Crippen LogP contribution is 2.14. The molecule has 0 bridgehead atoms. The van der Waals surface area contributed by atoms with Gasteiger partial charge >= 0.3 is 0 Å². The first-order chi connectivity index (χ1) is 11.8. The summed E-state index contributed by atoms with van der Waals surface area (Å²) in [5.41, 5.74) is 0. The molecule has 0 atom stereocenters. The third kappa shape index (κ3) is 11.7. The van der Waals surface area contributed by atoms with Crippen LogP contribution in [0.2, 0.25) is 0 Å². The normalized spacial score (nSPS) is 14.2. The van der Waals surface area contributed by atoms with E-state index < -0.39 is 0 Å². The van der Waals surface area contributed by atoms with Crippen molar-refractivity contribution < 1.29 is 4.79 Å². The Bertz CT molecular complexity index is 307. The number of allylic oxidation sites excluding steroid dienone is 1. The van der Waals surface area contributed by atoms with Crippen molar-refractivity contribution in [2.75, 3.05) is 13.1 Å². The van der Waals surface area contributed by atoms with Crippen LogP contribution in [0.3, 0.4) is 0 Å². The van der Waals surface area contributed by atoms with Gasteiger partial charge in [0, 0.05) is 19.5 Å². The first-order valence-electron chi connectivity index (χ1n) is 10.7. The van der Waals surface area contributed by atoms with Gasteiger partial charge in [0.25, 0.3) is 0 Å². The SMILES string of the molecule is C=CCCCCCCCCCCCCCCCC(=O)N1CCCC1. The standard InChI is InChI=1S/C22H41NO/c1-2-3-4-5-6-7-8-9-10-11-12-13-14-15-16-19-22(24)23-20-17-18-21-23/h2H,1,3-21H2. The summed E-state index contributed by atoms with van der Waals surface area (Å²) in [6, 6.07) is 0. The van der Waals surface area contributed by atoms with E-state index in [1.54, 1.807) is 0 Å². The minimum absolute atomic E-state index is 0.400. The fraction of sp³-hybridized carbons (Fsp3) is 0.864. The Labute approximate surface area is 151 Å². The van der Waals surface area contributed by atoms with Crippen LogP contribution >= 0.6 is 0 Å². The lowest BCUT2D eigenvalue weighted by molar-refractivity contribution is -0.130. The second kappa shape index (κ2) is 15.7. The summed E-state index contributed by atoms with van der Waals surface area (Å²) in [5, 5.41) is 0. The maximum Gasteiger partial charge on any atom is 0.222 e. The summed E-state index contributed by atoms with van der Waals surface area (Å²) in [6.45, 7) is 5.78. The number of likely N-dealkylation sites (tertiary alicyclic amines) is 1. The maximum atomic E-state index is 11.9. The van der Waals surface area contributed by atoms with Gasteiger partial charge in [0.15, 0.2) is 0 Å². The van der Waals surface area contributed by atoms with Crippen LogP contribution in [0.1, 0.15) is 109 Å². The van der Waals surface area contributed by atoms with Crippen molar-refractivity contribution in [2.24, 2.45) is 0 Å². The van der Waals surface area contributed by atoms with Gasteiger partial charge in [-0.15, -0.1) is 6.58 Å². The predicted molar refractivity (Wildman–Crippen MR) is 105 cm³/mol. The Hall–Kier alpha value is -0.790. The van der Waals surface area contributed by atoms with Crippen LogP contribution < -0.4 is 0 Å². The van der Waals surface area contributed by atoms with Gasteiger partial charge in [0.05, 0.1) is 0 Å². The average molecular weight is 336 g/mol. The summed E-state index contributed by atoms with van der Waals surface area (Å²) in [6.07, 6.45) is 24.0. The lowest BCUT2D eigenvalue weighted by Crippen LogP contribution is -2.27. The van der Waals surface area contributed by atoms with E-state index in [0.717, 1.165) is 25.9 Å². The minimum atomic E-state index is 0.400. The van der Waals surface area contributed by atoms with Crippen molar-refractivity contribution in [2.45, 2.75) is 109 Å². The van der Waals surface area contributed by atoms with Crippen molar-refractivity contribution >= 4 is 5.91 Å². The van der Waals surface area contributed by atoms with E-state index in [0.29, 0.717) is 5.91 Å². The van der Waals surface area contributed by atoms with E-state index in [9.17, 15) is 4.79 Å². The summed E-state index contributed by atoms with van der Waals surface area (Å²) in [4.78, 5) is 14.0. The van der Waals surface area contributed by atoms with Crippen LogP contribution in [0.15, 0.2) is 12.7 Å². The number of rotatable bonds is 16. The van der Waals surface area contributed by atoms with Gasteiger partial charge in [0.2, 0.25) is 5.91 Å². The Morgan fingerprint density at radius 3 is 1.58 bits per heavy atom. The Morgan fingerprint density at radius 1 is 0.708 bits per heavy atom. The van der Waals surface area contributed by atoms with Gasteiger partial charge < -0.3 is 4.90 Å². The van der Waals surface area contributed by atoms with Crippen molar-refractivity contribution in [1.82, 2.24) is 4.90 Å². The van der Waals surface area contributed by atoms with Crippen molar-refractivity contribution in [1.29, 1.82) is 0 Å². The number of unbranched alkanes of at least 4 members (excludes halogenated alkanes) is 13. The fourth-order valence-electron chi connectivity index (χ4n) is 3.63. The molecule has 0 aromatic heterocycles. The molecule has 140 valence electrons. The Kier molecular flexibility index (Phi) is 13.9. The zero-order valence-electron chi connectivity index (χ0n) is 16.1. The second-order valence-electron chi connectivity index (χ2n) is 7.51. The summed E-state index contributed by atoms with van der Waals surface area (Å²) in [5.74, 6) is 0.400. The van der Waals surface area contributed by atoms with E-state index in [2.05, 4.69) is 11.5 Å². The van der Waals surface area contributed by atoms with E-state index in [1.807, 2.05) is 6.08 Å². The molecule has 1 heterocycles. The molecular weight excluding hydrogens is 294 g/mol. The van der Waals surface area contributed by atoms with Crippen LogP contribution in [-0.4, -0.2) is 23.9 Å². The summed E-state index contributed by atoms with van der Waals surface area (Å²) in [7, 11) is 0. The molecule has 0 spiro atoms. The first kappa shape index (κ1) is 21.3. The van der Waals surface area contributed by atoms with Crippen LogP contribution in [0, 0.1) is 0 Å². The highest BCUT2D eigenvalue weighted by Gasteiger charge is 2.16. The maximum absolute atomic E-state index is 11.9. The highest BCUT2D eigenvalue weighted by atomic mass is 16.2. The van der Waals surface area contributed by atoms with Crippen molar-refractivity contribution in [3.8, 4) is 0 Å². The number of hydrogen-bond acceptors (Lipinski definition) is 1. The third-order valence-electron chi connectivity index (χ3n) is 5.26. The van der Waals surface area contributed by atoms with E-state index >= 15 is 0 Å². The van der Waals surface area contributed by atoms with Gasteiger partial charge in [-0.1, -0.05) is 76.7 Å². The van der Waals surface area contributed by atoms with Gasteiger partial charge in [-0.05, 0) is 32.1 Å². The Morgan fingerprint density at radius 2 is 1.12 bits per heavy atom. The molecule has 2 nitrogen and oxygen atoms in total. The van der Waals surface area contributed by atoms with Gasteiger partial charge in [-0.3, -0.25) is 4.79 Å². The molecule has 1 aliphatic heterocycles. The zero-order chi connectivity index (χ0) is 17.3. The topological polar surface area (TPSA) is 20.3 Å². The fourth-order valence-corrected chi connectivity index (χ4v) is 3.63. The predicted octanol–water partition coefficient (Wildman–Crippen LogP) is 6.65. The average Bonchev–Trinajstić information content (AvgIpc) is 3.13. The number of nitrogens with zero attached hydrogens (tertiary/aromatic N) is 1. The summed E-state index contributed by atoms with van der Waals surface area (Å²) >= 11 is 0. The van der Waals surface area contributed by atoms with Crippen molar-refractivity contribution in [3.63, 3.8) is 0 Å². The molecule has 1 amide bonds. The molecule has 0 unspecified atom stereocenters. The second-order valence-corrected chi connectivity index (χ2v) is 7.51. The highest BCUT2D eigenvalue weighted by molar-refractivity contribution is 5.76. The monoisotopic (exact) mass is 335 g/mol. The lowest BCUT2D eigenvalue weighted by Gasteiger charge is -2.14. The van der Waals surface area contributed by atoms with Crippen LogP contribution in [0.5, 0.6) is 0 Å². The minimum Gasteiger partial charge on any atom is -0.343 e. The summed E-state index contributed by atoms with van der Waals surface area (Å²) < 4.78 is 0. The van der Waals surface area contributed by atoms with Gasteiger partial charge in [-0.25, -0.2) is 0 Å². The van der Waals surface area contributed by atoms with Crippen LogP contribution in [-0.2, 0) is 4.79 Å². The Balaban J connectivity index is 1.71. The molecule has 1 aliphatic rings. The molecule has 0 aromatic rings. The van der Waals surface area contributed by atoms with E-state index in [4.69, 9.17) is 0 Å². The number of amides is 1. The first-order valence-corrected chi connectivity index (χ1v) is 10.7. The lowest BCUT2D eigenvalue weighted by atomic mass is 10.0. The van der Waals surface area contributed by atoms with Crippen LogP contribution in [0.25, 0.3) is 0 Å². The van der Waals surface area contributed by atoms with Gasteiger partial charge in [0.1, 0.15) is 0 Å². The molecule has 2 heteroatoms. The van der Waals surface area contributed by atoms with Gasteiger partial charge in [-0.2, -0.15) is 0 Å². The molecule has 0 radical (unpaired) electrons. The smallest absolute Gasteiger partial charge is 0.222 e. The molecule has 0 N–H and O–H groups in total. The van der Waals surface area contributed by atoms with Crippen LogP contribution in [0.4, 0.5) is 0 Å². The molecule has 1 fully saturated rings. The molecule has 1 saturated heterocycles. The number of hydrogen-bond donors (Lipinski definition) is 0. The molecular formula is C22H41NO.